The minimum Gasteiger partial charge on any atom is -0.370 e. The van der Waals surface area contributed by atoms with Crippen LogP contribution in [-0.4, -0.2) is 30.4 Å². The lowest BCUT2D eigenvalue weighted by Gasteiger charge is -2.13. The van der Waals surface area contributed by atoms with Crippen molar-refractivity contribution >= 4 is 5.82 Å². The van der Waals surface area contributed by atoms with E-state index in [0.29, 0.717) is 6.54 Å². The highest BCUT2D eigenvalue weighted by molar-refractivity contribution is 5.51. The summed E-state index contributed by atoms with van der Waals surface area (Å²) < 4.78 is 4.07. The van der Waals surface area contributed by atoms with Crippen molar-refractivity contribution in [3.63, 3.8) is 0 Å². The number of nitrogens with zero attached hydrogens (tertiary/aromatic N) is 6. The Labute approximate surface area is 126 Å². The van der Waals surface area contributed by atoms with E-state index in [9.17, 15) is 9.59 Å². The minimum absolute atomic E-state index is 0.0524. The largest absolute Gasteiger partial charge is 0.370 e. The van der Waals surface area contributed by atoms with E-state index in [2.05, 4.69) is 15.5 Å². The van der Waals surface area contributed by atoms with Gasteiger partial charge in [-0.1, -0.05) is 0 Å². The van der Waals surface area contributed by atoms with E-state index in [4.69, 9.17) is 5.26 Å². The predicted octanol–water partition coefficient (Wildman–Crippen LogP) is -0.561. The number of hydrogen-bond acceptors (Lipinski definition) is 6. The van der Waals surface area contributed by atoms with Crippen LogP contribution in [0.1, 0.15) is 18.4 Å². The van der Waals surface area contributed by atoms with Crippen LogP contribution in [0.15, 0.2) is 22.2 Å². The van der Waals surface area contributed by atoms with E-state index in [1.165, 1.54) is 18.7 Å². The third-order valence-corrected chi connectivity index (χ3v) is 3.38. The highest BCUT2D eigenvalue weighted by atomic mass is 16.2. The van der Waals surface area contributed by atoms with Crippen LogP contribution in [0.4, 0.5) is 5.82 Å². The van der Waals surface area contributed by atoms with E-state index < -0.39 is 11.2 Å². The summed E-state index contributed by atoms with van der Waals surface area (Å²) in [6.07, 6.45) is 4.98. The maximum Gasteiger partial charge on any atom is 0.332 e. The molecular weight excluding hydrogens is 286 g/mol. The average Bonchev–Trinajstić information content (AvgIpc) is 3.03. The van der Waals surface area contributed by atoms with Crippen LogP contribution in [-0.2, 0) is 20.6 Å². The Kier molecular flexibility index (Phi) is 4.73. The van der Waals surface area contributed by atoms with Crippen molar-refractivity contribution in [2.75, 3.05) is 11.9 Å². The van der Waals surface area contributed by atoms with Gasteiger partial charge < -0.3 is 9.88 Å². The van der Waals surface area contributed by atoms with Crippen LogP contribution in [0.2, 0.25) is 0 Å². The standard InChI is InChI=1S/C13H17N7O2/c1-18-11(10(7-14)12(21)19(2)13(18)22)15-5-3-4-6-20-8-16-17-9-20/h8-9,15H,3-6H2,1-2H3. The number of hydrogen-bond donors (Lipinski definition) is 1. The molecule has 0 saturated heterocycles. The third kappa shape index (κ3) is 3.06. The molecule has 0 aliphatic rings. The summed E-state index contributed by atoms with van der Waals surface area (Å²) in [5.41, 5.74) is -1.10. The fraction of sp³-hybridized carbons (Fsp3) is 0.462. The van der Waals surface area contributed by atoms with Gasteiger partial charge in [-0.2, -0.15) is 5.26 Å². The number of aryl methyl sites for hydroxylation is 1. The van der Waals surface area contributed by atoms with Crippen molar-refractivity contribution in [3.05, 3.63) is 39.1 Å². The maximum absolute atomic E-state index is 11.9. The Morgan fingerprint density at radius 2 is 1.86 bits per heavy atom. The number of nitrogens with one attached hydrogen (secondary N) is 1. The average molecular weight is 303 g/mol. The maximum atomic E-state index is 11.9. The molecule has 2 aromatic rings. The molecule has 0 bridgehead atoms. The molecule has 116 valence electrons. The van der Waals surface area contributed by atoms with Gasteiger partial charge in [-0.05, 0) is 12.8 Å². The smallest absolute Gasteiger partial charge is 0.332 e. The predicted molar refractivity (Wildman–Crippen MR) is 79.4 cm³/mol. The Bertz CT molecular complexity index is 796. The highest BCUT2D eigenvalue weighted by Gasteiger charge is 2.14. The lowest BCUT2D eigenvalue weighted by molar-refractivity contribution is 0.616. The van der Waals surface area contributed by atoms with Gasteiger partial charge in [-0.25, -0.2) is 4.79 Å². The van der Waals surface area contributed by atoms with Gasteiger partial charge >= 0.3 is 5.69 Å². The number of rotatable bonds is 6. The Morgan fingerprint density at radius 3 is 2.50 bits per heavy atom. The molecule has 0 aromatic carbocycles. The first-order valence-corrected chi connectivity index (χ1v) is 6.82. The molecule has 9 heteroatoms. The second-order valence-electron chi connectivity index (χ2n) is 4.87. The van der Waals surface area contributed by atoms with Crippen molar-refractivity contribution in [2.24, 2.45) is 14.1 Å². The van der Waals surface area contributed by atoms with Crippen LogP contribution in [0.3, 0.4) is 0 Å². The first-order chi connectivity index (χ1) is 10.6. The molecule has 0 radical (unpaired) electrons. The molecule has 0 unspecified atom stereocenters. The summed E-state index contributed by atoms with van der Waals surface area (Å²) in [6.45, 7) is 1.34. The number of unbranched alkanes of at least 4 members (excludes halogenated alkanes) is 1. The molecule has 0 saturated carbocycles. The number of aromatic nitrogens is 5. The topological polar surface area (TPSA) is 111 Å². The minimum atomic E-state index is -0.586. The molecule has 0 fully saturated rings. The normalized spacial score (nSPS) is 10.4. The van der Waals surface area contributed by atoms with E-state index in [1.54, 1.807) is 12.7 Å². The Balaban J connectivity index is 2.02. The molecule has 0 aliphatic heterocycles. The molecular formula is C13H17N7O2. The lowest BCUT2D eigenvalue weighted by Crippen LogP contribution is -2.40. The summed E-state index contributed by atoms with van der Waals surface area (Å²) in [6, 6.07) is 1.86. The van der Waals surface area contributed by atoms with Crippen molar-refractivity contribution in [1.82, 2.24) is 23.9 Å². The molecule has 0 aliphatic carbocycles. The first kappa shape index (κ1) is 15.5. The summed E-state index contributed by atoms with van der Waals surface area (Å²) in [4.78, 5) is 23.8. The van der Waals surface area contributed by atoms with E-state index in [0.717, 1.165) is 24.0 Å². The molecule has 0 amide bonds. The van der Waals surface area contributed by atoms with Gasteiger partial charge in [0.15, 0.2) is 5.56 Å². The number of nitriles is 1. The van der Waals surface area contributed by atoms with Crippen LogP contribution < -0.4 is 16.6 Å². The van der Waals surface area contributed by atoms with E-state index in [1.807, 2.05) is 10.6 Å². The van der Waals surface area contributed by atoms with Gasteiger partial charge in [0, 0.05) is 27.2 Å². The molecule has 1 N–H and O–H groups in total. The van der Waals surface area contributed by atoms with Crippen LogP contribution in [0.5, 0.6) is 0 Å². The quantitative estimate of drug-likeness (QED) is 0.716. The summed E-state index contributed by atoms with van der Waals surface area (Å²) >= 11 is 0. The van der Waals surface area contributed by atoms with Gasteiger partial charge in [0.1, 0.15) is 24.5 Å². The fourth-order valence-corrected chi connectivity index (χ4v) is 2.12. The van der Waals surface area contributed by atoms with Gasteiger partial charge in [0.2, 0.25) is 0 Å². The molecule has 0 atom stereocenters. The van der Waals surface area contributed by atoms with E-state index >= 15 is 0 Å². The highest BCUT2D eigenvalue weighted by Crippen LogP contribution is 2.07. The zero-order valence-electron chi connectivity index (χ0n) is 12.5. The molecule has 2 rings (SSSR count). The summed E-state index contributed by atoms with van der Waals surface area (Å²) in [5, 5.41) is 19.6. The SMILES string of the molecule is Cn1c(NCCCCn2cnnc2)c(C#N)c(=O)n(C)c1=O. The second kappa shape index (κ2) is 6.71. The van der Waals surface area contributed by atoms with Crippen molar-refractivity contribution in [2.45, 2.75) is 19.4 Å². The van der Waals surface area contributed by atoms with Gasteiger partial charge in [-0.3, -0.25) is 13.9 Å². The summed E-state index contributed by atoms with van der Waals surface area (Å²) in [7, 11) is 2.89. The monoisotopic (exact) mass is 303 g/mol. The Morgan fingerprint density at radius 1 is 1.18 bits per heavy atom. The van der Waals surface area contributed by atoms with Crippen molar-refractivity contribution in [3.8, 4) is 6.07 Å². The molecule has 0 spiro atoms. The van der Waals surface area contributed by atoms with Crippen LogP contribution in [0, 0.1) is 11.3 Å². The zero-order valence-corrected chi connectivity index (χ0v) is 12.5. The first-order valence-electron chi connectivity index (χ1n) is 6.82. The Hall–Kier alpha value is -2.89. The summed E-state index contributed by atoms with van der Waals surface area (Å²) in [5.74, 6) is 0.264. The van der Waals surface area contributed by atoms with Crippen LogP contribution in [0.25, 0.3) is 0 Å². The van der Waals surface area contributed by atoms with Crippen molar-refractivity contribution in [1.29, 1.82) is 5.26 Å². The van der Waals surface area contributed by atoms with Crippen molar-refractivity contribution < 1.29 is 0 Å². The van der Waals surface area contributed by atoms with Crippen LogP contribution >= 0.6 is 0 Å². The second-order valence-corrected chi connectivity index (χ2v) is 4.87. The molecule has 22 heavy (non-hydrogen) atoms. The lowest BCUT2D eigenvalue weighted by atomic mass is 10.2. The molecule has 9 nitrogen and oxygen atoms in total. The van der Waals surface area contributed by atoms with Gasteiger partial charge in [0.25, 0.3) is 5.56 Å². The number of anilines is 1. The third-order valence-electron chi connectivity index (χ3n) is 3.38. The fourth-order valence-electron chi connectivity index (χ4n) is 2.12. The molecule has 2 aromatic heterocycles. The van der Waals surface area contributed by atoms with Gasteiger partial charge in [-0.15, -0.1) is 10.2 Å². The zero-order chi connectivity index (χ0) is 16.1. The van der Waals surface area contributed by atoms with Gasteiger partial charge in [0.05, 0.1) is 0 Å². The van der Waals surface area contributed by atoms with E-state index in [-0.39, 0.29) is 11.4 Å². The molecule has 2 heterocycles.